The number of aliphatic hydroxyl groups is 1. The van der Waals surface area contributed by atoms with E-state index in [9.17, 15) is 15.0 Å². The number of amides is 1. The topological polar surface area (TPSA) is 78.8 Å². The molecule has 0 fully saturated rings. The molecule has 0 heterocycles. The Labute approximate surface area is 119 Å². The van der Waals surface area contributed by atoms with Gasteiger partial charge in [-0.25, -0.2) is 4.79 Å². The number of phenolic OH excluding ortho intramolecular Hbond substituents is 1. The molecule has 0 saturated carbocycles. The first-order valence-electron chi connectivity index (χ1n) is 6.67. The number of rotatable bonds is 4. The van der Waals surface area contributed by atoms with E-state index in [1.807, 2.05) is 0 Å². The molecule has 1 aromatic rings. The fourth-order valence-electron chi connectivity index (χ4n) is 1.65. The van der Waals surface area contributed by atoms with Gasteiger partial charge in [0.2, 0.25) is 0 Å². The lowest BCUT2D eigenvalue weighted by atomic mass is 10.1. The average Bonchev–Trinajstić information content (AvgIpc) is 2.27. The lowest BCUT2D eigenvalue weighted by Gasteiger charge is -2.20. The van der Waals surface area contributed by atoms with E-state index in [2.05, 4.69) is 5.32 Å². The van der Waals surface area contributed by atoms with Crippen molar-refractivity contribution >= 4 is 11.8 Å². The van der Waals surface area contributed by atoms with Crippen LogP contribution in [0.3, 0.4) is 0 Å². The number of hydrogen-bond donors (Lipinski definition) is 3. The second kappa shape index (κ2) is 6.61. The zero-order valence-electron chi connectivity index (χ0n) is 12.4. The molecule has 5 heteroatoms. The monoisotopic (exact) mass is 281 g/mol. The Bertz CT molecular complexity index is 463. The van der Waals surface area contributed by atoms with Gasteiger partial charge in [0.1, 0.15) is 11.4 Å². The van der Waals surface area contributed by atoms with Gasteiger partial charge in [-0.1, -0.05) is 0 Å². The molecule has 1 aromatic carbocycles. The summed E-state index contributed by atoms with van der Waals surface area (Å²) < 4.78 is 5.16. The van der Waals surface area contributed by atoms with Crippen molar-refractivity contribution in [2.24, 2.45) is 0 Å². The number of anilines is 1. The maximum absolute atomic E-state index is 11.7. The van der Waals surface area contributed by atoms with Gasteiger partial charge in [0.05, 0.1) is 6.10 Å². The molecule has 0 bridgehead atoms. The van der Waals surface area contributed by atoms with Crippen LogP contribution in [0.15, 0.2) is 18.2 Å². The lowest BCUT2D eigenvalue weighted by molar-refractivity contribution is 0.0636. The summed E-state index contributed by atoms with van der Waals surface area (Å²) in [6, 6.07) is 4.80. The molecule has 0 unspecified atom stereocenters. The summed E-state index contributed by atoms with van der Waals surface area (Å²) in [6.07, 6.45) is 0.109. The van der Waals surface area contributed by atoms with E-state index >= 15 is 0 Å². The molecule has 1 amide bonds. The third-order valence-corrected chi connectivity index (χ3v) is 2.56. The van der Waals surface area contributed by atoms with E-state index in [0.717, 1.165) is 0 Å². The number of hydrogen-bond acceptors (Lipinski definition) is 4. The van der Waals surface area contributed by atoms with Crippen LogP contribution in [0.1, 0.15) is 39.7 Å². The summed E-state index contributed by atoms with van der Waals surface area (Å²) in [4.78, 5) is 11.7. The minimum Gasteiger partial charge on any atom is -0.508 e. The maximum atomic E-state index is 11.7. The molecule has 5 nitrogen and oxygen atoms in total. The van der Waals surface area contributed by atoms with Gasteiger partial charge >= 0.3 is 6.09 Å². The SMILES string of the molecule is C[C@@H](O)CCc1cc(NC(=O)OC(C)(C)C)ccc1O. The highest BCUT2D eigenvalue weighted by Gasteiger charge is 2.16. The fourth-order valence-corrected chi connectivity index (χ4v) is 1.65. The summed E-state index contributed by atoms with van der Waals surface area (Å²) in [5.41, 5.74) is 0.674. The van der Waals surface area contributed by atoms with Crippen LogP contribution in [-0.4, -0.2) is 28.0 Å². The first kappa shape index (κ1) is 16.3. The van der Waals surface area contributed by atoms with Gasteiger partial charge < -0.3 is 14.9 Å². The highest BCUT2D eigenvalue weighted by Crippen LogP contribution is 2.23. The van der Waals surface area contributed by atoms with E-state index in [0.29, 0.717) is 24.1 Å². The van der Waals surface area contributed by atoms with Crippen LogP contribution in [0.2, 0.25) is 0 Å². The molecule has 112 valence electrons. The molecule has 3 N–H and O–H groups in total. The van der Waals surface area contributed by atoms with Crippen LogP contribution in [0.4, 0.5) is 10.5 Å². The van der Waals surface area contributed by atoms with E-state index in [1.54, 1.807) is 39.8 Å². The Balaban J connectivity index is 2.72. The van der Waals surface area contributed by atoms with Crippen molar-refractivity contribution in [3.05, 3.63) is 23.8 Å². The molecule has 1 rings (SSSR count). The van der Waals surface area contributed by atoms with Gasteiger partial charge in [-0.05, 0) is 64.3 Å². The first-order valence-corrected chi connectivity index (χ1v) is 6.67. The molecule has 0 spiro atoms. The number of carbonyl (C=O) groups is 1. The molecular formula is C15H23NO4. The number of benzene rings is 1. The first-order chi connectivity index (χ1) is 9.17. The zero-order chi connectivity index (χ0) is 15.3. The summed E-state index contributed by atoms with van der Waals surface area (Å²) in [5, 5.41) is 21.6. The zero-order valence-corrected chi connectivity index (χ0v) is 12.4. The minimum absolute atomic E-state index is 0.153. The Hall–Kier alpha value is -1.75. The van der Waals surface area contributed by atoms with Gasteiger partial charge in [-0.3, -0.25) is 5.32 Å². The molecular weight excluding hydrogens is 258 g/mol. The lowest BCUT2D eigenvalue weighted by Crippen LogP contribution is -2.27. The van der Waals surface area contributed by atoms with Gasteiger partial charge in [0.15, 0.2) is 0 Å². The van der Waals surface area contributed by atoms with Crippen molar-refractivity contribution in [2.75, 3.05) is 5.32 Å². The van der Waals surface area contributed by atoms with Crippen molar-refractivity contribution in [2.45, 2.75) is 52.2 Å². The number of phenols is 1. The van der Waals surface area contributed by atoms with Crippen molar-refractivity contribution in [1.29, 1.82) is 0 Å². The normalized spacial score (nSPS) is 12.8. The molecule has 0 aromatic heterocycles. The predicted molar refractivity (Wildman–Crippen MR) is 78.0 cm³/mol. The Morgan fingerprint density at radius 3 is 2.60 bits per heavy atom. The second-order valence-corrected chi connectivity index (χ2v) is 5.86. The largest absolute Gasteiger partial charge is 0.508 e. The van der Waals surface area contributed by atoms with Crippen molar-refractivity contribution in [3.8, 4) is 5.75 Å². The maximum Gasteiger partial charge on any atom is 0.412 e. The Morgan fingerprint density at radius 1 is 1.40 bits per heavy atom. The van der Waals surface area contributed by atoms with Gasteiger partial charge in [-0.15, -0.1) is 0 Å². The highest BCUT2D eigenvalue weighted by atomic mass is 16.6. The van der Waals surface area contributed by atoms with E-state index < -0.39 is 17.8 Å². The average molecular weight is 281 g/mol. The van der Waals surface area contributed by atoms with Crippen LogP contribution in [-0.2, 0) is 11.2 Å². The number of aromatic hydroxyl groups is 1. The quantitative estimate of drug-likeness (QED) is 0.741. The van der Waals surface area contributed by atoms with Gasteiger partial charge in [0.25, 0.3) is 0 Å². The number of aliphatic hydroxyl groups excluding tert-OH is 1. The minimum atomic E-state index is -0.559. The van der Waals surface area contributed by atoms with E-state index in [-0.39, 0.29) is 5.75 Å². The highest BCUT2D eigenvalue weighted by molar-refractivity contribution is 5.85. The summed E-state index contributed by atoms with van der Waals surface area (Å²) >= 11 is 0. The molecule has 1 atom stereocenters. The summed E-state index contributed by atoms with van der Waals surface area (Å²) in [7, 11) is 0. The molecule has 0 aliphatic carbocycles. The third kappa shape index (κ3) is 5.93. The fraction of sp³-hybridized carbons (Fsp3) is 0.533. The number of nitrogens with one attached hydrogen (secondary N) is 1. The molecule has 20 heavy (non-hydrogen) atoms. The molecule has 0 radical (unpaired) electrons. The number of ether oxygens (including phenoxy) is 1. The second-order valence-electron chi connectivity index (χ2n) is 5.86. The third-order valence-electron chi connectivity index (χ3n) is 2.56. The summed E-state index contributed by atoms with van der Waals surface area (Å²) in [6.45, 7) is 7.06. The predicted octanol–water partition coefficient (Wildman–Crippen LogP) is 3.05. The Morgan fingerprint density at radius 2 is 2.05 bits per heavy atom. The van der Waals surface area contributed by atoms with Crippen LogP contribution >= 0.6 is 0 Å². The van der Waals surface area contributed by atoms with Crippen LogP contribution in [0, 0.1) is 0 Å². The van der Waals surface area contributed by atoms with Crippen molar-refractivity contribution < 1.29 is 19.7 Å². The van der Waals surface area contributed by atoms with Crippen LogP contribution in [0.25, 0.3) is 0 Å². The number of carbonyl (C=O) groups excluding carboxylic acids is 1. The van der Waals surface area contributed by atoms with E-state index in [1.165, 1.54) is 6.07 Å². The smallest absolute Gasteiger partial charge is 0.412 e. The molecule has 0 saturated heterocycles. The van der Waals surface area contributed by atoms with Crippen molar-refractivity contribution in [3.63, 3.8) is 0 Å². The van der Waals surface area contributed by atoms with E-state index in [4.69, 9.17) is 4.74 Å². The number of aryl methyl sites for hydroxylation is 1. The van der Waals surface area contributed by atoms with Crippen LogP contribution < -0.4 is 5.32 Å². The van der Waals surface area contributed by atoms with Crippen LogP contribution in [0.5, 0.6) is 5.75 Å². The van der Waals surface area contributed by atoms with Gasteiger partial charge in [-0.2, -0.15) is 0 Å². The Kier molecular flexibility index (Phi) is 5.39. The molecule has 0 aliphatic heterocycles. The van der Waals surface area contributed by atoms with Gasteiger partial charge in [0, 0.05) is 5.69 Å². The summed E-state index contributed by atoms with van der Waals surface area (Å²) in [5.74, 6) is 0.153. The standard InChI is InChI=1S/C15H23NO4/c1-10(17)5-6-11-9-12(7-8-13(11)18)16-14(19)20-15(2,3)4/h7-10,17-18H,5-6H2,1-4H3,(H,16,19)/t10-/m1/s1. The molecule has 0 aliphatic rings. The van der Waals surface area contributed by atoms with Crippen molar-refractivity contribution in [1.82, 2.24) is 0 Å².